The summed E-state index contributed by atoms with van der Waals surface area (Å²) < 4.78 is 6.81. The first-order valence-corrected chi connectivity index (χ1v) is 9.14. The van der Waals surface area contributed by atoms with Gasteiger partial charge in [0, 0.05) is 12.7 Å². The molecule has 0 amide bonds. The van der Waals surface area contributed by atoms with E-state index in [0.29, 0.717) is 35.9 Å². The number of anilines is 2. The molecule has 4 N–H and O–H groups in total. The molecule has 0 fully saturated rings. The van der Waals surface area contributed by atoms with Crippen LogP contribution in [0.5, 0.6) is 0 Å². The lowest BCUT2D eigenvalue weighted by Crippen LogP contribution is -2.04. The number of methoxy groups -OCH3 is 1. The zero-order valence-corrected chi connectivity index (χ0v) is 16.2. The average molecular weight is 404 g/mol. The number of pyridine rings is 1. The third-order valence-electron chi connectivity index (χ3n) is 4.31. The van der Waals surface area contributed by atoms with Crippen LogP contribution in [0.2, 0.25) is 0 Å². The first-order valence-electron chi connectivity index (χ1n) is 9.14. The summed E-state index contributed by atoms with van der Waals surface area (Å²) in [5, 5.41) is 17.5. The summed E-state index contributed by atoms with van der Waals surface area (Å²) in [6, 6.07) is 14.7. The zero-order valence-electron chi connectivity index (χ0n) is 16.2. The van der Waals surface area contributed by atoms with Gasteiger partial charge in [0.05, 0.1) is 47.8 Å². The van der Waals surface area contributed by atoms with Crippen molar-refractivity contribution in [2.45, 2.75) is 13.2 Å². The highest BCUT2D eigenvalue weighted by atomic mass is 16.5. The molecule has 4 rings (SSSR count). The predicted octanol–water partition coefficient (Wildman–Crippen LogP) is 2.38. The second-order valence-electron chi connectivity index (χ2n) is 6.54. The molecule has 152 valence electrons. The van der Waals surface area contributed by atoms with Crippen molar-refractivity contribution in [3.05, 3.63) is 66.1 Å². The van der Waals surface area contributed by atoms with E-state index < -0.39 is 0 Å². The van der Waals surface area contributed by atoms with Crippen LogP contribution in [0.3, 0.4) is 0 Å². The Morgan fingerprint density at radius 2 is 1.80 bits per heavy atom. The minimum absolute atomic E-state index is 0.119. The van der Waals surface area contributed by atoms with Gasteiger partial charge in [-0.05, 0) is 30.3 Å². The number of nitrogens with zero attached hydrogens (tertiary/aromatic N) is 6. The summed E-state index contributed by atoms with van der Waals surface area (Å²) in [5.74, 6) is 0.119. The molecule has 0 aliphatic rings. The topological polar surface area (TPSA) is 137 Å². The van der Waals surface area contributed by atoms with Gasteiger partial charge in [-0.2, -0.15) is 0 Å². The molecule has 10 nitrogen and oxygen atoms in total. The molecule has 0 radical (unpaired) electrons. The van der Waals surface area contributed by atoms with Gasteiger partial charge in [-0.3, -0.25) is 15.7 Å². The normalized spacial score (nSPS) is 10.9. The van der Waals surface area contributed by atoms with E-state index in [2.05, 4.69) is 30.7 Å². The molecule has 0 bridgehead atoms. The summed E-state index contributed by atoms with van der Waals surface area (Å²) in [6.45, 7) is 0.911. The fourth-order valence-electron chi connectivity index (χ4n) is 3.00. The Morgan fingerprint density at radius 1 is 1.00 bits per heavy atom. The lowest BCUT2D eigenvalue weighted by atomic mass is 10.1. The first kappa shape index (κ1) is 19.4. The van der Waals surface area contributed by atoms with E-state index in [1.54, 1.807) is 42.3 Å². The average Bonchev–Trinajstić information content (AvgIpc) is 3.22. The Bertz CT molecular complexity index is 1160. The summed E-state index contributed by atoms with van der Waals surface area (Å²) in [5.41, 5.74) is 12.8. The highest BCUT2D eigenvalue weighted by molar-refractivity contribution is 5.69. The van der Waals surface area contributed by atoms with Crippen molar-refractivity contribution in [2.24, 2.45) is 0 Å². The van der Waals surface area contributed by atoms with Crippen molar-refractivity contribution in [1.82, 2.24) is 29.9 Å². The minimum atomic E-state index is 0.119. The quantitative estimate of drug-likeness (QED) is 0.396. The van der Waals surface area contributed by atoms with Gasteiger partial charge in [-0.1, -0.05) is 23.4 Å². The molecule has 30 heavy (non-hydrogen) atoms. The molecular formula is C20H20N8O2. The van der Waals surface area contributed by atoms with Gasteiger partial charge >= 0.3 is 0 Å². The zero-order chi connectivity index (χ0) is 20.9. The van der Waals surface area contributed by atoms with E-state index in [1.807, 2.05) is 24.3 Å². The SMILES string of the molecule is COCc1cccc(Cn2cc(-c3cc(-c4cccc(NO)c4)nc(N)n3)nn2)n1. The fraction of sp³-hybridized carbons (Fsp3) is 0.150. The van der Waals surface area contributed by atoms with Gasteiger partial charge in [0.1, 0.15) is 5.69 Å². The van der Waals surface area contributed by atoms with Gasteiger partial charge in [0.2, 0.25) is 5.95 Å². The van der Waals surface area contributed by atoms with Crippen molar-refractivity contribution in [1.29, 1.82) is 0 Å². The van der Waals surface area contributed by atoms with Crippen LogP contribution in [0, 0.1) is 0 Å². The van der Waals surface area contributed by atoms with Crippen LogP contribution in [0.25, 0.3) is 22.6 Å². The third-order valence-corrected chi connectivity index (χ3v) is 4.31. The Labute approximate surface area is 172 Å². The third kappa shape index (κ3) is 4.40. The van der Waals surface area contributed by atoms with Crippen LogP contribution in [-0.4, -0.2) is 42.3 Å². The van der Waals surface area contributed by atoms with E-state index in [4.69, 9.17) is 15.7 Å². The van der Waals surface area contributed by atoms with Gasteiger partial charge in [0.25, 0.3) is 0 Å². The van der Waals surface area contributed by atoms with Gasteiger partial charge in [-0.15, -0.1) is 5.10 Å². The van der Waals surface area contributed by atoms with Crippen LogP contribution < -0.4 is 11.2 Å². The Hall–Kier alpha value is -3.89. The largest absolute Gasteiger partial charge is 0.378 e. The Balaban J connectivity index is 1.60. The maximum atomic E-state index is 9.13. The van der Waals surface area contributed by atoms with Crippen LogP contribution in [0.4, 0.5) is 11.6 Å². The lowest BCUT2D eigenvalue weighted by molar-refractivity contribution is 0.181. The molecular weight excluding hydrogens is 384 g/mol. The summed E-state index contributed by atoms with van der Waals surface area (Å²) in [6.07, 6.45) is 1.78. The van der Waals surface area contributed by atoms with E-state index in [1.165, 1.54) is 0 Å². The molecule has 0 aliphatic heterocycles. The summed E-state index contributed by atoms with van der Waals surface area (Å²) in [7, 11) is 1.64. The second-order valence-corrected chi connectivity index (χ2v) is 6.54. The fourth-order valence-corrected chi connectivity index (χ4v) is 3.00. The van der Waals surface area contributed by atoms with Gasteiger partial charge < -0.3 is 10.5 Å². The van der Waals surface area contributed by atoms with Crippen LogP contribution in [0.1, 0.15) is 11.4 Å². The maximum Gasteiger partial charge on any atom is 0.221 e. The second kappa shape index (κ2) is 8.64. The van der Waals surface area contributed by atoms with Crippen molar-refractivity contribution in [3.63, 3.8) is 0 Å². The van der Waals surface area contributed by atoms with E-state index in [0.717, 1.165) is 17.0 Å². The molecule has 10 heteroatoms. The molecule has 4 aromatic rings. The number of benzene rings is 1. The summed E-state index contributed by atoms with van der Waals surface area (Å²) in [4.78, 5) is 13.1. The van der Waals surface area contributed by atoms with Gasteiger partial charge in [-0.25, -0.2) is 14.6 Å². The molecule has 0 saturated heterocycles. The lowest BCUT2D eigenvalue weighted by Gasteiger charge is -2.06. The number of aromatic nitrogens is 6. The molecule has 0 atom stereocenters. The predicted molar refractivity (Wildman–Crippen MR) is 110 cm³/mol. The highest BCUT2D eigenvalue weighted by Gasteiger charge is 2.11. The molecule has 1 aromatic carbocycles. The molecule has 0 saturated carbocycles. The van der Waals surface area contributed by atoms with Crippen molar-refractivity contribution < 1.29 is 9.94 Å². The number of hydrogen-bond donors (Lipinski definition) is 3. The Kier molecular flexibility index (Phi) is 5.59. The minimum Gasteiger partial charge on any atom is -0.378 e. The van der Waals surface area contributed by atoms with Gasteiger partial charge in [0.15, 0.2) is 0 Å². The molecule has 3 heterocycles. The number of hydrogen-bond acceptors (Lipinski definition) is 9. The van der Waals surface area contributed by atoms with E-state index >= 15 is 0 Å². The van der Waals surface area contributed by atoms with Crippen molar-refractivity contribution in [3.8, 4) is 22.6 Å². The standard InChI is InChI=1S/C20H20N8O2/c1-30-12-16-7-3-6-15(22-16)10-28-11-19(25-27-28)18-9-17(23-20(21)24-18)13-4-2-5-14(8-13)26-29/h2-9,11,26,29H,10,12H2,1H3,(H2,21,23,24). The van der Waals surface area contributed by atoms with Crippen molar-refractivity contribution in [2.75, 3.05) is 18.3 Å². The van der Waals surface area contributed by atoms with Crippen LogP contribution >= 0.6 is 0 Å². The highest BCUT2D eigenvalue weighted by Crippen LogP contribution is 2.25. The maximum absolute atomic E-state index is 9.13. The summed E-state index contributed by atoms with van der Waals surface area (Å²) >= 11 is 0. The number of rotatable bonds is 7. The first-order chi connectivity index (χ1) is 14.6. The van der Waals surface area contributed by atoms with Crippen LogP contribution in [-0.2, 0) is 17.9 Å². The number of nitrogen functional groups attached to an aromatic ring is 1. The molecule has 3 aromatic heterocycles. The van der Waals surface area contributed by atoms with Crippen molar-refractivity contribution >= 4 is 11.6 Å². The molecule has 0 unspecified atom stereocenters. The number of nitrogens with two attached hydrogens (primary N) is 1. The monoisotopic (exact) mass is 404 g/mol. The Morgan fingerprint density at radius 3 is 2.63 bits per heavy atom. The number of nitrogens with one attached hydrogen (secondary N) is 1. The molecule has 0 aliphatic carbocycles. The van der Waals surface area contributed by atoms with E-state index in [-0.39, 0.29) is 5.95 Å². The van der Waals surface area contributed by atoms with Crippen LogP contribution in [0.15, 0.2) is 54.7 Å². The molecule has 0 spiro atoms. The van der Waals surface area contributed by atoms with E-state index in [9.17, 15) is 0 Å². The number of ether oxygens (including phenoxy) is 1. The smallest absolute Gasteiger partial charge is 0.221 e.